The zero-order valence-electron chi connectivity index (χ0n) is 20.4. The van der Waals surface area contributed by atoms with E-state index in [1.165, 1.54) is 0 Å². The van der Waals surface area contributed by atoms with Crippen molar-refractivity contribution < 1.29 is 54.0 Å². The van der Waals surface area contributed by atoms with Crippen molar-refractivity contribution in [2.45, 2.75) is 87.6 Å². The first-order chi connectivity index (χ1) is 17.1. The van der Waals surface area contributed by atoms with Crippen molar-refractivity contribution in [2.24, 2.45) is 11.3 Å². The summed E-state index contributed by atoms with van der Waals surface area (Å²) in [7, 11) is 0. The molecule has 11 atom stereocenters. The van der Waals surface area contributed by atoms with Gasteiger partial charge in [-0.15, -0.1) is 0 Å². The molecule has 36 heavy (non-hydrogen) atoms. The standard InChI is InChI=1S/C23H28O11.C2H6/c1-20-9-22(29)13-7-23(20,32-18-16(27)15(26)14(25)12(8-24)31-18)21(13,19(33-20)34-22)10-30-17(28)11-5-3-2-4-6-11;1-2/h2-6,12-16,18-19,24-27,29H,7-10H2,1H3;1-2H3/t12-,13-,14-,15+,16-,18+,19-,20+,21+,22-,23+;/m1./s1. The average Bonchev–Trinajstić information content (AvgIpc) is 3.06. The van der Waals surface area contributed by atoms with Gasteiger partial charge in [-0.1, -0.05) is 32.0 Å². The second-order valence-corrected chi connectivity index (χ2v) is 10.2. The summed E-state index contributed by atoms with van der Waals surface area (Å²) in [6.07, 6.45) is -7.87. The van der Waals surface area contributed by atoms with E-state index < -0.39 is 77.9 Å². The van der Waals surface area contributed by atoms with Crippen molar-refractivity contribution in [1.29, 1.82) is 0 Å². The number of aliphatic hydroxyl groups excluding tert-OH is 4. The Morgan fingerprint density at radius 3 is 2.44 bits per heavy atom. The zero-order valence-corrected chi connectivity index (χ0v) is 20.4. The quantitative estimate of drug-likeness (QED) is 0.318. The van der Waals surface area contributed by atoms with E-state index in [9.17, 15) is 30.3 Å². The number of hydrogen-bond donors (Lipinski definition) is 5. The largest absolute Gasteiger partial charge is 0.461 e. The number of ether oxygens (including phenoxy) is 5. The average molecular weight is 511 g/mol. The molecule has 1 aromatic carbocycles. The maximum atomic E-state index is 12.7. The van der Waals surface area contributed by atoms with Crippen LogP contribution in [0, 0.1) is 11.3 Å². The Hall–Kier alpha value is -1.67. The monoisotopic (exact) mass is 510 g/mol. The van der Waals surface area contributed by atoms with Gasteiger partial charge in [0.1, 0.15) is 42.2 Å². The second kappa shape index (κ2) is 8.69. The molecule has 7 aliphatic rings. The Bertz CT molecular complexity index is 989. The normalized spacial score (nSPS) is 49.7. The topological polar surface area (TPSA) is 164 Å². The maximum absolute atomic E-state index is 12.7. The van der Waals surface area contributed by atoms with Crippen LogP contribution in [0.15, 0.2) is 30.3 Å². The highest BCUT2D eigenvalue weighted by molar-refractivity contribution is 5.89. The molecule has 5 N–H and O–H groups in total. The molecule has 4 saturated heterocycles. The molecular weight excluding hydrogens is 476 g/mol. The summed E-state index contributed by atoms with van der Waals surface area (Å²) in [4.78, 5) is 12.7. The van der Waals surface area contributed by atoms with Gasteiger partial charge in [-0.05, 0) is 25.5 Å². The molecule has 4 aliphatic heterocycles. The summed E-state index contributed by atoms with van der Waals surface area (Å²) < 4.78 is 29.7. The van der Waals surface area contributed by atoms with Crippen molar-refractivity contribution >= 4 is 5.97 Å². The van der Waals surface area contributed by atoms with Crippen LogP contribution in [0.4, 0.5) is 0 Å². The molecule has 11 heteroatoms. The molecule has 0 aromatic heterocycles. The molecule has 8 rings (SSSR count). The van der Waals surface area contributed by atoms with Gasteiger partial charge in [0.2, 0.25) is 0 Å². The summed E-state index contributed by atoms with van der Waals surface area (Å²) in [5, 5.41) is 51.7. The number of rotatable bonds is 6. The minimum absolute atomic E-state index is 0.0902. The minimum atomic E-state index is -1.61. The predicted octanol–water partition coefficient (Wildman–Crippen LogP) is -0.331. The third-order valence-electron chi connectivity index (χ3n) is 8.57. The molecule has 4 heterocycles. The fourth-order valence-electron chi connectivity index (χ4n) is 6.87. The Balaban J connectivity index is 0.00000130. The van der Waals surface area contributed by atoms with Gasteiger partial charge in [0.15, 0.2) is 18.4 Å². The molecule has 3 saturated carbocycles. The van der Waals surface area contributed by atoms with Crippen molar-refractivity contribution in [1.82, 2.24) is 0 Å². The number of aliphatic hydroxyl groups is 5. The van der Waals surface area contributed by atoms with E-state index in [4.69, 9.17) is 23.7 Å². The van der Waals surface area contributed by atoms with Crippen LogP contribution in [0.5, 0.6) is 0 Å². The van der Waals surface area contributed by atoms with Crippen LogP contribution < -0.4 is 0 Å². The van der Waals surface area contributed by atoms with E-state index in [0.717, 1.165) is 0 Å². The highest BCUT2D eigenvalue weighted by atomic mass is 16.8. The van der Waals surface area contributed by atoms with Crippen LogP contribution in [0.3, 0.4) is 0 Å². The molecule has 0 amide bonds. The maximum Gasteiger partial charge on any atom is 0.338 e. The minimum Gasteiger partial charge on any atom is -0.461 e. The lowest BCUT2D eigenvalue weighted by atomic mass is 9.41. The Morgan fingerprint density at radius 1 is 1.08 bits per heavy atom. The van der Waals surface area contributed by atoms with Gasteiger partial charge in [0.05, 0.1) is 17.6 Å². The van der Waals surface area contributed by atoms with Gasteiger partial charge in [-0.2, -0.15) is 0 Å². The number of benzene rings is 1. The number of esters is 1. The van der Waals surface area contributed by atoms with Gasteiger partial charge in [0, 0.05) is 12.3 Å². The van der Waals surface area contributed by atoms with E-state index in [1.807, 2.05) is 13.8 Å². The van der Waals surface area contributed by atoms with E-state index in [2.05, 4.69) is 0 Å². The van der Waals surface area contributed by atoms with E-state index in [1.54, 1.807) is 37.3 Å². The highest BCUT2D eigenvalue weighted by Crippen LogP contribution is 2.81. The smallest absolute Gasteiger partial charge is 0.338 e. The molecule has 3 aliphatic carbocycles. The molecule has 6 bridgehead atoms. The summed E-state index contributed by atoms with van der Waals surface area (Å²) in [6.45, 7) is 4.98. The van der Waals surface area contributed by atoms with E-state index >= 15 is 0 Å². The highest BCUT2D eigenvalue weighted by Gasteiger charge is 2.94. The van der Waals surface area contributed by atoms with Crippen LogP contribution in [0.25, 0.3) is 0 Å². The van der Waals surface area contributed by atoms with Crippen LogP contribution in [-0.4, -0.2) is 98.7 Å². The van der Waals surface area contributed by atoms with Gasteiger partial charge in [0.25, 0.3) is 0 Å². The SMILES string of the molecule is CC.C[C@@]12C[C@@]3(O)O[C@@H](O1)[C@]1(COC(=O)c4ccccc4)[C@H]3C[C@@]12O[C@@H]1O[C@H](CO)[C@@H](O)[C@H](O)[C@H]1O. The first-order valence-corrected chi connectivity index (χ1v) is 12.4. The molecule has 0 spiro atoms. The predicted molar refractivity (Wildman–Crippen MR) is 120 cm³/mol. The Kier molecular flexibility index (Phi) is 6.26. The zero-order chi connectivity index (χ0) is 26.1. The molecule has 0 unspecified atom stereocenters. The van der Waals surface area contributed by atoms with Crippen LogP contribution in [-0.2, 0) is 23.7 Å². The first kappa shape index (κ1) is 26.0. The van der Waals surface area contributed by atoms with Gasteiger partial charge in [-0.3, -0.25) is 0 Å². The summed E-state index contributed by atoms with van der Waals surface area (Å²) >= 11 is 0. The lowest BCUT2D eigenvalue weighted by molar-refractivity contribution is -0.424. The van der Waals surface area contributed by atoms with Crippen molar-refractivity contribution in [3.05, 3.63) is 35.9 Å². The number of carbonyl (C=O) groups is 1. The third-order valence-corrected chi connectivity index (χ3v) is 8.57. The summed E-state index contributed by atoms with van der Waals surface area (Å²) in [6, 6.07) is 8.47. The fraction of sp³-hybridized carbons (Fsp3) is 0.720. The van der Waals surface area contributed by atoms with Gasteiger partial charge in [-0.25, -0.2) is 4.79 Å². The molecule has 200 valence electrons. The lowest BCUT2D eigenvalue weighted by Gasteiger charge is -2.67. The van der Waals surface area contributed by atoms with Gasteiger partial charge >= 0.3 is 5.97 Å². The third kappa shape index (κ3) is 3.15. The van der Waals surface area contributed by atoms with Crippen LogP contribution in [0.1, 0.15) is 44.0 Å². The number of hydrogen-bond acceptors (Lipinski definition) is 11. The summed E-state index contributed by atoms with van der Waals surface area (Å²) in [5.74, 6) is -2.49. The van der Waals surface area contributed by atoms with E-state index in [-0.39, 0.29) is 19.4 Å². The van der Waals surface area contributed by atoms with Crippen LogP contribution >= 0.6 is 0 Å². The van der Waals surface area contributed by atoms with Crippen molar-refractivity contribution in [2.75, 3.05) is 13.2 Å². The van der Waals surface area contributed by atoms with Gasteiger partial charge < -0.3 is 49.2 Å². The Morgan fingerprint density at radius 2 is 1.78 bits per heavy atom. The van der Waals surface area contributed by atoms with Crippen LogP contribution in [0.2, 0.25) is 0 Å². The van der Waals surface area contributed by atoms with Crippen molar-refractivity contribution in [3.8, 4) is 0 Å². The number of carbonyl (C=O) groups excluding carboxylic acids is 1. The van der Waals surface area contributed by atoms with Crippen molar-refractivity contribution in [3.63, 3.8) is 0 Å². The molecule has 11 nitrogen and oxygen atoms in total. The lowest BCUT2D eigenvalue weighted by Crippen LogP contribution is -2.80. The fourth-order valence-corrected chi connectivity index (χ4v) is 6.87. The summed E-state index contributed by atoms with van der Waals surface area (Å²) in [5.41, 5.74) is -2.99. The molecule has 0 radical (unpaired) electrons. The Labute approximate surface area is 208 Å². The second-order valence-electron chi connectivity index (χ2n) is 10.2. The molecule has 7 fully saturated rings. The van der Waals surface area contributed by atoms with E-state index in [0.29, 0.717) is 5.56 Å². The first-order valence-electron chi connectivity index (χ1n) is 12.4. The molecular formula is C25H34O11. The molecule has 1 aromatic rings.